The summed E-state index contributed by atoms with van der Waals surface area (Å²) in [7, 11) is 2.23. The van der Waals surface area contributed by atoms with Gasteiger partial charge in [0.2, 0.25) is 0 Å². The standard InChI is InChI=1S/C36H47N7O2/c1-6-42-21-29-30(38-42)11-10-26-32(29)34-28(20-37-36(34)44)33-27-19-25(24(4)39-45-22-23(2)3)9-12-31(27)43(35(26)33)16-8-15-41-14-7-13-40(5)17-18-41/h9,12,19,21,23H,6-8,10-11,13-18,20,22H2,1-5H3,(H,37,44)/b39-24+. The van der Waals surface area contributed by atoms with Crippen molar-refractivity contribution < 1.29 is 9.63 Å². The molecule has 9 heteroatoms. The highest BCUT2D eigenvalue weighted by atomic mass is 16.6. The highest BCUT2D eigenvalue weighted by molar-refractivity contribution is 6.20. The van der Waals surface area contributed by atoms with Crippen LogP contribution in [-0.2, 0) is 37.3 Å². The molecule has 3 aliphatic rings. The van der Waals surface area contributed by atoms with Gasteiger partial charge in [-0.2, -0.15) is 5.10 Å². The van der Waals surface area contributed by atoms with E-state index in [1.807, 2.05) is 11.6 Å². The van der Waals surface area contributed by atoms with Crippen molar-refractivity contribution in [2.75, 3.05) is 46.4 Å². The van der Waals surface area contributed by atoms with Gasteiger partial charge in [-0.3, -0.25) is 9.48 Å². The monoisotopic (exact) mass is 609 g/mol. The van der Waals surface area contributed by atoms with Gasteiger partial charge in [-0.05, 0) is 101 Å². The summed E-state index contributed by atoms with van der Waals surface area (Å²) in [5.41, 5.74) is 11.0. The molecule has 1 fully saturated rings. The number of carbonyl (C=O) groups excluding carboxylic acids is 1. The number of fused-ring (bicyclic) bond motifs is 10. The van der Waals surface area contributed by atoms with Gasteiger partial charge in [-0.25, -0.2) is 0 Å². The van der Waals surface area contributed by atoms with Gasteiger partial charge in [-0.1, -0.05) is 25.1 Å². The minimum atomic E-state index is 0.0308. The fraction of sp³-hybridized carbons (Fsp3) is 0.528. The molecule has 0 spiro atoms. The second kappa shape index (κ2) is 12.2. The minimum Gasteiger partial charge on any atom is -0.395 e. The van der Waals surface area contributed by atoms with E-state index >= 15 is 0 Å². The van der Waals surface area contributed by atoms with E-state index in [0.29, 0.717) is 19.1 Å². The van der Waals surface area contributed by atoms with Crippen LogP contribution >= 0.6 is 0 Å². The number of aryl methyl sites for hydroxylation is 4. The molecule has 0 unspecified atom stereocenters. The van der Waals surface area contributed by atoms with Crippen molar-refractivity contribution in [2.24, 2.45) is 11.1 Å². The molecule has 238 valence electrons. The Kier molecular flexibility index (Phi) is 8.16. The average Bonchev–Trinajstić information content (AvgIpc) is 3.67. The van der Waals surface area contributed by atoms with Crippen LogP contribution in [0.25, 0.3) is 32.9 Å². The summed E-state index contributed by atoms with van der Waals surface area (Å²) in [4.78, 5) is 24.3. The normalized spacial score (nSPS) is 17.6. The van der Waals surface area contributed by atoms with Gasteiger partial charge >= 0.3 is 0 Å². The molecule has 1 N–H and O–H groups in total. The Morgan fingerprint density at radius 1 is 1.09 bits per heavy atom. The van der Waals surface area contributed by atoms with E-state index in [0.717, 1.165) is 91.2 Å². The molecule has 1 aliphatic carbocycles. The van der Waals surface area contributed by atoms with Crippen LogP contribution < -0.4 is 5.32 Å². The Balaban J connectivity index is 1.39. The van der Waals surface area contributed by atoms with Crippen molar-refractivity contribution in [1.82, 2.24) is 29.5 Å². The van der Waals surface area contributed by atoms with Crippen LogP contribution in [0, 0.1) is 5.92 Å². The maximum atomic E-state index is 13.6. The number of benzene rings is 2. The van der Waals surface area contributed by atoms with Crippen LogP contribution in [0.1, 0.15) is 73.3 Å². The lowest BCUT2D eigenvalue weighted by molar-refractivity contribution is 0.0966. The van der Waals surface area contributed by atoms with Gasteiger partial charge in [0.15, 0.2) is 0 Å². The highest BCUT2D eigenvalue weighted by Crippen LogP contribution is 2.47. The van der Waals surface area contributed by atoms with Crippen molar-refractivity contribution in [3.8, 4) is 11.1 Å². The third kappa shape index (κ3) is 5.44. The quantitative estimate of drug-likeness (QED) is 0.202. The molecule has 0 atom stereocenters. The highest BCUT2D eigenvalue weighted by Gasteiger charge is 2.35. The lowest BCUT2D eigenvalue weighted by Gasteiger charge is -2.23. The molecule has 0 radical (unpaired) electrons. The van der Waals surface area contributed by atoms with Crippen molar-refractivity contribution in [3.63, 3.8) is 0 Å². The van der Waals surface area contributed by atoms with E-state index in [1.54, 1.807) is 0 Å². The molecular formula is C36H47N7O2. The van der Waals surface area contributed by atoms with Gasteiger partial charge in [0.1, 0.15) is 6.61 Å². The Labute approximate surface area is 266 Å². The number of nitrogens with zero attached hydrogens (tertiary/aromatic N) is 6. The van der Waals surface area contributed by atoms with Crippen LogP contribution in [0.4, 0.5) is 0 Å². The summed E-state index contributed by atoms with van der Waals surface area (Å²) >= 11 is 0. The molecule has 2 aromatic carbocycles. The summed E-state index contributed by atoms with van der Waals surface area (Å²) in [6.45, 7) is 17.0. The minimum absolute atomic E-state index is 0.0308. The zero-order chi connectivity index (χ0) is 31.2. The van der Waals surface area contributed by atoms with E-state index in [4.69, 9.17) is 9.94 Å². The molecule has 2 aliphatic heterocycles. The van der Waals surface area contributed by atoms with Gasteiger partial charge in [0, 0.05) is 66.3 Å². The number of amides is 1. The molecule has 1 amide bonds. The van der Waals surface area contributed by atoms with Crippen molar-refractivity contribution >= 4 is 33.4 Å². The zero-order valence-corrected chi connectivity index (χ0v) is 27.6. The molecule has 9 nitrogen and oxygen atoms in total. The Bertz CT molecular complexity index is 1800. The molecular weight excluding hydrogens is 562 g/mol. The summed E-state index contributed by atoms with van der Waals surface area (Å²) in [6, 6.07) is 6.72. The number of nitrogens with one attached hydrogen (secondary N) is 1. The molecule has 0 bridgehead atoms. The van der Waals surface area contributed by atoms with E-state index in [9.17, 15) is 4.79 Å². The van der Waals surface area contributed by atoms with Gasteiger partial charge < -0.3 is 24.5 Å². The molecule has 45 heavy (non-hydrogen) atoms. The predicted molar refractivity (Wildman–Crippen MR) is 181 cm³/mol. The number of hydrogen-bond donors (Lipinski definition) is 1. The lowest BCUT2D eigenvalue weighted by Crippen LogP contribution is -2.30. The first kappa shape index (κ1) is 30.0. The number of likely N-dealkylation sites (N-methyl/N-ethyl adjacent to an activating group) is 1. The first-order valence-electron chi connectivity index (χ1n) is 16.9. The lowest BCUT2D eigenvalue weighted by atomic mass is 9.82. The van der Waals surface area contributed by atoms with Crippen LogP contribution in [0.15, 0.2) is 29.6 Å². The number of rotatable bonds is 9. The largest absolute Gasteiger partial charge is 0.395 e. The number of carbonyl (C=O) groups is 1. The summed E-state index contributed by atoms with van der Waals surface area (Å²) < 4.78 is 4.59. The average molecular weight is 610 g/mol. The van der Waals surface area contributed by atoms with Crippen LogP contribution in [-0.4, -0.2) is 82.1 Å². The third-order valence-corrected chi connectivity index (χ3v) is 9.90. The van der Waals surface area contributed by atoms with E-state index in [-0.39, 0.29) is 5.91 Å². The first-order chi connectivity index (χ1) is 21.8. The second-order valence-electron chi connectivity index (χ2n) is 13.6. The van der Waals surface area contributed by atoms with Gasteiger partial charge in [0.05, 0.1) is 22.5 Å². The molecule has 4 heterocycles. The number of hydrogen-bond acceptors (Lipinski definition) is 6. The van der Waals surface area contributed by atoms with E-state index in [1.165, 1.54) is 46.9 Å². The molecule has 7 rings (SSSR count). The van der Waals surface area contributed by atoms with Crippen molar-refractivity contribution in [3.05, 3.63) is 52.3 Å². The van der Waals surface area contributed by atoms with Crippen LogP contribution in [0.2, 0.25) is 0 Å². The Morgan fingerprint density at radius 2 is 1.96 bits per heavy atom. The molecule has 1 saturated heterocycles. The summed E-state index contributed by atoms with van der Waals surface area (Å²) in [5, 5.41) is 15.0. The summed E-state index contributed by atoms with van der Waals surface area (Å²) in [5.74, 6) is 0.448. The van der Waals surface area contributed by atoms with Crippen LogP contribution in [0.3, 0.4) is 0 Å². The fourth-order valence-electron chi connectivity index (χ4n) is 7.57. The van der Waals surface area contributed by atoms with Crippen LogP contribution in [0.5, 0.6) is 0 Å². The SMILES string of the molecule is CCn1cc2c(n1)CCc1c-2c2c(c3c4cc(/C(C)=N/OCC(C)C)ccc4n(CCCN4CCCN(C)CC4)c13)CNC2=O. The fourth-order valence-corrected chi connectivity index (χ4v) is 7.57. The van der Waals surface area contributed by atoms with Crippen molar-refractivity contribution in [2.45, 2.75) is 73.0 Å². The maximum Gasteiger partial charge on any atom is 0.252 e. The smallest absolute Gasteiger partial charge is 0.252 e. The van der Waals surface area contributed by atoms with Gasteiger partial charge in [-0.15, -0.1) is 0 Å². The molecule has 4 aromatic rings. The Morgan fingerprint density at radius 3 is 2.78 bits per heavy atom. The number of oxime groups is 1. The van der Waals surface area contributed by atoms with E-state index < -0.39 is 0 Å². The van der Waals surface area contributed by atoms with Gasteiger partial charge in [0.25, 0.3) is 5.91 Å². The molecule has 2 aromatic heterocycles. The Hall–Kier alpha value is -3.69. The topological polar surface area (TPSA) is 79.9 Å². The maximum absolute atomic E-state index is 13.6. The first-order valence-corrected chi connectivity index (χ1v) is 16.9. The zero-order valence-electron chi connectivity index (χ0n) is 27.6. The molecule has 0 saturated carbocycles. The third-order valence-electron chi connectivity index (χ3n) is 9.90. The number of aromatic nitrogens is 3. The summed E-state index contributed by atoms with van der Waals surface area (Å²) in [6.07, 6.45) is 6.23. The second-order valence-corrected chi connectivity index (χ2v) is 13.6. The van der Waals surface area contributed by atoms with E-state index in [2.05, 4.69) is 77.1 Å². The predicted octanol–water partition coefficient (Wildman–Crippen LogP) is 5.44. The van der Waals surface area contributed by atoms with Crippen molar-refractivity contribution in [1.29, 1.82) is 0 Å².